The van der Waals surface area contributed by atoms with E-state index in [1.165, 1.54) is 0 Å². The van der Waals surface area contributed by atoms with Gasteiger partial charge in [0, 0.05) is 12.8 Å². The predicted octanol–water partition coefficient (Wildman–Crippen LogP) is 1.25. The summed E-state index contributed by atoms with van der Waals surface area (Å²) in [5.74, 6) is 0. The third-order valence-electron chi connectivity index (χ3n) is 1.73. The molecule has 2 nitrogen and oxygen atoms in total. The number of hydrogen-bond acceptors (Lipinski definition) is 2. The van der Waals surface area contributed by atoms with Gasteiger partial charge in [0.05, 0.1) is 11.5 Å². The maximum absolute atomic E-state index is 5.82. The Bertz CT molecular complexity index is 147. The Balaban J connectivity index is 2.58. The van der Waals surface area contributed by atoms with Gasteiger partial charge in [-0.1, -0.05) is 0 Å². The van der Waals surface area contributed by atoms with Crippen LogP contribution in [0.5, 0.6) is 0 Å². The number of methoxy groups -OCH3 is 1. The van der Waals surface area contributed by atoms with Crippen LogP contribution in [0.4, 0.5) is 0 Å². The van der Waals surface area contributed by atoms with Crippen molar-refractivity contribution in [3.8, 4) is 0 Å². The fourth-order valence-corrected chi connectivity index (χ4v) is 1.40. The molecule has 1 rings (SSSR count). The molecule has 0 heterocycles. The van der Waals surface area contributed by atoms with Crippen LogP contribution < -0.4 is 5.73 Å². The van der Waals surface area contributed by atoms with Crippen molar-refractivity contribution in [3.05, 3.63) is 11.8 Å². The maximum Gasteiger partial charge on any atom is 0.0961 e. The topological polar surface area (TPSA) is 35.2 Å². The summed E-state index contributed by atoms with van der Waals surface area (Å²) in [5, 5.41) is 0.103. The number of nitrogens with two attached hydrogens (primary N) is 1. The summed E-state index contributed by atoms with van der Waals surface area (Å²) in [5.41, 5.74) is 6.40. The van der Waals surface area contributed by atoms with E-state index in [4.69, 9.17) is 22.1 Å². The highest BCUT2D eigenvalue weighted by Crippen LogP contribution is 2.20. The van der Waals surface area contributed by atoms with E-state index in [0.29, 0.717) is 0 Å². The number of alkyl halides is 1. The van der Waals surface area contributed by atoms with E-state index in [0.717, 1.165) is 18.5 Å². The van der Waals surface area contributed by atoms with E-state index in [9.17, 15) is 0 Å². The first-order valence-electron chi connectivity index (χ1n) is 3.38. The van der Waals surface area contributed by atoms with Crippen LogP contribution in [0, 0.1) is 0 Å². The highest BCUT2D eigenvalue weighted by Gasteiger charge is 2.18. The van der Waals surface area contributed by atoms with Crippen LogP contribution in [0.15, 0.2) is 11.8 Å². The summed E-state index contributed by atoms with van der Waals surface area (Å²) >= 11 is 5.82. The standard InChI is InChI=1S/C7H12ClNO/c1-10-7-3-2-5(8)4-6(7)9/h4-5,7H,2-3,9H2,1H3. The summed E-state index contributed by atoms with van der Waals surface area (Å²) in [6.07, 6.45) is 3.85. The summed E-state index contributed by atoms with van der Waals surface area (Å²) < 4.78 is 5.10. The predicted molar refractivity (Wildman–Crippen MR) is 41.9 cm³/mol. The molecule has 0 aliphatic heterocycles. The molecular weight excluding hydrogens is 150 g/mol. The molecule has 0 saturated heterocycles. The van der Waals surface area contributed by atoms with Crippen molar-refractivity contribution in [3.63, 3.8) is 0 Å². The van der Waals surface area contributed by atoms with E-state index >= 15 is 0 Å². The van der Waals surface area contributed by atoms with Gasteiger partial charge in [-0.3, -0.25) is 0 Å². The quantitative estimate of drug-likeness (QED) is 0.588. The summed E-state index contributed by atoms with van der Waals surface area (Å²) in [6.45, 7) is 0. The second kappa shape index (κ2) is 3.26. The van der Waals surface area contributed by atoms with Gasteiger partial charge in [-0.15, -0.1) is 11.6 Å². The van der Waals surface area contributed by atoms with Gasteiger partial charge in [0.2, 0.25) is 0 Å². The van der Waals surface area contributed by atoms with E-state index < -0.39 is 0 Å². The summed E-state index contributed by atoms with van der Waals surface area (Å²) in [7, 11) is 1.67. The Hall–Kier alpha value is -0.210. The molecule has 0 bridgehead atoms. The lowest BCUT2D eigenvalue weighted by Gasteiger charge is -2.22. The van der Waals surface area contributed by atoms with Crippen LogP contribution in [0.3, 0.4) is 0 Å². The molecule has 0 aromatic carbocycles. The molecule has 0 spiro atoms. The first-order chi connectivity index (χ1) is 4.74. The molecule has 0 radical (unpaired) electrons. The smallest absolute Gasteiger partial charge is 0.0961 e. The molecule has 3 heteroatoms. The van der Waals surface area contributed by atoms with E-state index in [1.807, 2.05) is 6.08 Å². The lowest BCUT2D eigenvalue weighted by molar-refractivity contribution is 0.117. The van der Waals surface area contributed by atoms with Crippen LogP contribution in [0.1, 0.15) is 12.8 Å². The Morgan fingerprint density at radius 3 is 2.90 bits per heavy atom. The minimum absolute atomic E-state index is 0.0926. The van der Waals surface area contributed by atoms with E-state index in [1.54, 1.807) is 7.11 Å². The van der Waals surface area contributed by atoms with Crippen molar-refractivity contribution in [1.82, 2.24) is 0 Å². The van der Waals surface area contributed by atoms with Gasteiger partial charge in [0.1, 0.15) is 0 Å². The van der Waals surface area contributed by atoms with Crippen molar-refractivity contribution in [2.75, 3.05) is 7.11 Å². The third-order valence-corrected chi connectivity index (χ3v) is 2.08. The van der Waals surface area contributed by atoms with Gasteiger partial charge in [0.25, 0.3) is 0 Å². The average molecular weight is 162 g/mol. The second-order valence-corrected chi connectivity index (χ2v) is 3.04. The van der Waals surface area contributed by atoms with Gasteiger partial charge in [-0.25, -0.2) is 0 Å². The van der Waals surface area contributed by atoms with Crippen molar-refractivity contribution in [2.45, 2.75) is 24.3 Å². The van der Waals surface area contributed by atoms with Crippen molar-refractivity contribution in [2.24, 2.45) is 5.73 Å². The molecule has 0 amide bonds. The Morgan fingerprint density at radius 1 is 1.70 bits per heavy atom. The molecule has 10 heavy (non-hydrogen) atoms. The Kier molecular flexibility index (Phi) is 2.57. The molecule has 2 N–H and O–H groups in total. The molecule has 2 atom stereocenters. The zero-order valence-electron chi connectivity index (χ0n) is 6.01. The SMILES string of the molecule is COC1CCC(Cl)C=C1N. The zero-order valence-corrected chi connectivity index (χ0v) is 6.77. The molecule has 1 aliphatic rings. The maximum atomic E-state index is 5.82. The van der Waals surface area contributed by atoms with Crippen LogP contribution >= 0.6 is 11.6 Å². The van der Waals surface area contributed by atoms with Crippen molar-refractivity contribution < 1.29 is 4.74 Å². The summed E-state index contributed by atoms with van der Waals surface area (Å²) in [4.78, 5) is 0. The lowest BCUT2D eigenvalue weighted by Crippen LogP contribution is -2.25. The number of allylic oxidation sites excluding steroid dienone is 1. The number of hydrogen-bond donors (Lipinski definition) is 1. The summed E-state index contributed by atoms with van der Waals surface area (Å²) in [6, 6.07) is 0. The van der Waals surface area contributed by atoms with Gasteiger partial charge in [0.15, 0.2) is 0 Å². The third kappa shape index (κ3) is 1.64. The molecular formula is C7H12ClNO. The van der Waals surface area contributed by atoms with E-state index in [-0.39, 0.29) is 11.5 Å². The molecule has 0 aromatic rings. The Morgan fingerprint density at radius 2 is 2.40 bits per heavy atom. The molecule has 58 valence electrons. The van der Waals surface area contributed by atoms with Crippen LogP contribution in [0.25, 0.3) is 0 Å². The molecule has 0 aromatic heterocycles. The number of ether oxygens (including phenoxy) is 1. The Labute approximate surface area is 66.0 Å². The number of rotatable bonds is 1. The number of halogens is 1. The average Bonchev–Trinajstić information content (AvgIpc) is 1.88. The van der Waals surface area contributed by atoms with Gasteiger partial charge in [-0.2, -0.15) is 0 Å². The molecule has 1 aliphatic carbocycles. The van der Waals surface area contributed by atoms with Gasteiger partial charge in [-0.05, 0) is 18.9 Å². The molecule has 2 unspecified atom stereocenters. The van der Waals surface area contributed by atoms with Gasteiger partial charge >= 0.3 is 0 Å². The minimum atomic E-state index is 0.0926. The zero-order chi connectivity index (χ0) is 7.56. The minimum Gasteiger partial charge on any atom is -0.400 e. The fourth-order valence-electron chi connectivity index (χ4n) is 1.13. The molecule has 0 fully saturated rings. The fraction of sp³-hybridized carbons (Fsp3) is 0.714. The van der Waals surface area contributed by atoms with Gasteiger partial charge < -0.3 is 10.5 Å². The van der Waals surface area contributed by atoms with E-state index in [2.05, 4.69) is 0 Å². The van der Waals surface area contributed by atoms with Crippen molar-refractivity contribution >= 4 is 11.6 Å². The molecule has 0 saturated carbocycles. The lowest BCUT2D eigenvalue weighted by atomic mass is 10.0. The van der Waals surface area contributed by atoms with Crippen molar-refractivity contribution in [1.29, 1.82) is 0 Å². The normalized spacial score (nSPS) is 33.6. The van der Waals surface area contributed by atoms with Crippen LogP contribution in [0.2, 0.25) is 0 Å². The van der Waals surface area contributed by atoms with Crippen LogP contribution in [-0.2, 0) is 4.74 Å². The highest BCUT2D eigenvalue weighted by atomic mass is 35.5. The first-order valence-corrected chi connectivity index (χ1v) is 3.81. The largest absolute Gasteiger partial charge is 0.400 e. The monoisotopic (exact) mass is 161 g/mol. The van der Waals surface area contributed by atoms with Crippen LogP contribution in [-0.4, -0.2) is 18.6 Å². The highest BCUT2D eigenvalue weighted by molar-refractivity contribution is 6.21. The first kappa shape index (κ1) is 7.89. The second-order valence-electron chi connectivity index (χ2n) is 2.48.